The lowest BCUT2D eigenvalue weighted by molar-refractivity contribution is 0.670. The van der Waals surface area contributed by atoms with Gasteiger partial charge in [-0.3, -0.25) is 0 Å². The molecule has 0 atom stereocenters. The van der Waals surface area contributed by atoms with Crippen LogP contribution < -0.4 is 0 Å². The van der Waals surface area contributed by atoms with Crippen molar-refractivity contribution in [1.29, 1.82) is 0 Å². The summed E-state index contributed by atoms with van der Waals surface area (Å²) >= 11 is 0. The van der Waals surface area contributed by atoms with Crippen LogP contribution in [0, 0.1) is 0 Å². The highest BCUT2D eigenvalue weighted by atomic mass is 16.3. The lowest BCUT2D eigenvalue weighted by atomic mass is 10.0. The van der Waals surface area contributed by atoms with Gasteiger partial charge in [0.2, 0.25) is 0 Å². The molecule has 13 rings (SSSR count). The summed E-state index contributed by atoms with van der Waals surface area (Å²) in [6.07, 6.45) is 0. The maximum Gasteiger partial charge on any atom is 0.166 e. The number of benzene rings is 9. The first-order valence-electron chi connectivity index (χ1n) is 21.2. The van der Waals surface area contributed by atoms with Crippen molar-refractivity contribution in [3.63, 3.8) is 0 Å². The predicted molar refractivity (Wildman–Crippen MR) is 258 cm³/mol. The molecule has 4 heterocycles. The van der Waals surface area contributed by atoms with Crippen molar-refractivity contribution in [3.05, 3.63) is 212 Å². The van der Waals surface area contributed by atoms with Gasteiger partial charge in [-0.15, -0.1) is 0 Å². The fraction of sp³-hybridized carbons (Fsp3) is 0. The van der Waals surface area contributed by atoms with E-state index >= 15 is 0 Å². The van der Waals surface area contributed by atoms with Crippen LogP contribution in [0.3, 0.4) is 0 Å². The fourth-order valence-corrected chi connectivity index (χ4v) is 9.64. The zero-order chi connectivity index (χ0) is 41.4. The Kier molecular flexibility index (Phi) is 7.80. The van der Waals surface area contributed by atoms with Crippen molar-refractivity contribution in [1.82, 2.24) is 24.1 Å². The summed E-state index contributed by atoms with van der Waals surface area (Å²) in [5.74, 6) is 1.83. The van der Waals surface area contributed by atoms with Crippen LogP contribution in [0.25, 0.3) is 122 Å². The molecule has 63 heavy (non-hydrogen) atoms. The number of nitrogens with zero attached hydrogens (tertiary/aromatic N) is 5. The second-order valence-electron chi connectivity index (χ2n) is 15.9. The molecule has 0 saturated carbocycles. The molecule has 294 valence electrons. The second-order valence-corrected chi connectivity index (χ2v) is 15.9. The molecule has 0 unspecified atom stereocenters. The van der Waals surface area contributed by atoms with Crippen molar-refractivity contribution >= 4 is 65.6 Å². The Morgan fingerprint density at radius 3 is 1.56 bits per heavy atom. The van der Waals surface area contributed by atoms with E-state index in [2.05, 4.69) is 161 Å². The molecular formula is C57H35N5O. The molecule has 0 bridgehead atoms. The van der Waals surface area contributed by atoms with Crippen LogP contribution in [-0.4, -0.2) is 24.1 Å². The molecule has 0 aliphatic rings. The number of furan rings is 1. The van der Waals surface area contributed by atoms with Crippen molar-refractivity contribution in [2.75, 3.05) is 0 Å². The fourth-order valence-electron chi connectivity index (χ4n) is 9.64. The summed E-state index contributed by atoms with van der Waals surface area (Å²) in [7, 11) is 0. The molecule has 0 aliphatic carbocycles. The van der Waals surface area contributed by atoms with Gasteiger partial charge in [-0.1, -0.05) is 170 Å². The summed E-state index contributed by atoms with van der Waals surface area (Å²) in [6.45, 7) is 0. The lowest BCUT2D eigenvalue weighted by Crippen LogP contribution is -2.02. The highest BCUT2D eigenvalue weighted by Crippen LogP contribution is 2.46. The van der Waals surface area contributed by atoms with Gasteiger partial charge in [-0.2, -0.15) is 0 Å². The molecule has 9 aromatic carbocycles. The van der Waals surface area contributed by atoms with E-state index in [9.17, 15) is 0 Å². The lowest BCUT2D eigenvalue weighted by Gasteiger charge is -2.12. The first-order valence-corrected chi connectivity index (χ1v) is 21.2. The third-order valence-corrected chi connectivity index (χ3v) is 12.4. The van der Waals surface area contributed by atoms with Gasteiger partial charge in [-0.05, 0) is 48.0 Å². The second kappa shape index (κ2) is 14.0. The zero-order valence-electron chi connectivity index (χ0n) is 33.9. The average molecular weight is 806 g/mol. The van der Waals surface area contributed by atoms with Crippen LogP contribution in [0.2, 0.25) is 0 Å². The minimum atomic E-state index is 0.594. The van der Waals surface area contributed by atoms with E-state index in [1.54, 1.807) is 0 Å². The van der Waals surface area contributed by atoms with Crippen LogP contribution in [0.15, 0.2) is 217 Å². The number of hydrogen-bond donors (Lipinski definition) is 0. The van der Waals surface area contributed by atoms with Crippen molar-refractivity contribution < 1.29 is 4.42 Å². The molecule has 0 aliphatic heterocycles. The van der Waals surface area contributed by atoms with E-state index in [0.29, 0.717) is 17.5 Å². The van der Waals surface area contributed by atoms with Crippen molar-refractivity contribution in [2.45, 2.75) is 0 Å². The van der Waals surface area contributed by atoms with Crippen molar-refractivity contribution in [3.8, 4) is 56.7 Å². The van der Waals surface area contributed by atoms with Crippen LogP contribution in [-0.2, 0) is 0 Å². The van der Waals surface area contributed by atoms with E-state index in [0.717, 1.165) is 82.8 Å². The number of aromatic nitrogens is 5. The topological polar surface area (TPSA) is 61.7 Å². The van der Waals surface area contributed by atoms with Gasteiger partial charge in [0.1, 0.15) is 5.58 Å². The molecule has 4 aromatic heterocycles. The molecule has 0 N–H and O–H groups in total. The van der Waals surface area contributed by atoms with Gasteiger partial charge in [0.05, 0.1) is 33.1 Å². The van der Waals surface area contributed by atoms with Crippen LogP contribution in [0.5, 0.6) is 0 Å². The Hall–Kier alpha value is -8.61. The molecule has 0 radical (unpaired) electrons. The first kappa shape index (κ1) is 35.2. The number of rotatable bonds is 6. The minimum absolute atomic E-state index is 0.594. The van der Waals surface area contributed by atoms with Crippen LogP contribution >= 0.6 is 0 Å². The summed E-state index contributed by atoms with van der Waals surface area (Å²) in [5.41, 5.74) is 13.1. The Morgan fingerprint density at radius 2 is 0.841 bits per heavy atom. The SMILES string of the molecule is c1ccc(-c2nc(-c3ccccc3)nc(-c3cccc4c5c6oc7c(-n8c9ccccc9c9cccc(-c%10ccccc%10)c98)cccc7c6ccc5n(-c5ccccc5)c34)n2)cc1. The van der Waals surface area contributed by atoms with Gasteiger partial charge in [0.15, 0.2) is 23.1 Å². The highest BCUT2D eigenvalue weighted by molar-refractivity contribution is 6.26. The predicted octanol–water partition coefficient (Wildman–Crippen LogP) is 14.6. The largest absolute Gasteiger partial charge is 0.453 e. The zero-order valence-corrected chi connectivity index (χ0v) is 33.9. The Bertz CT molecular complexity index is 3830. The summed E-state index contributed by atoms with van der Waals surface area (Å²) in [6, 6.07) is 74.2. The Balaban J connectivity index is 1.12. The maximum atomic E-state index is 7.35. The number of para-hydroxylation sites is 5. The minimum Gasteiger partial charge on any atom is -0.453 e. The van der Waals surface area contributed by atoms with E-state index in [-0.39, 0.29) is 0 Å². The van der Waals surface area contributed by atoms with Crippen LogP contribution in [0.4, 0.5) is 0 Å². The smallest absolute Gasteiger partial charge is 0.166 e. The number of fused-ring (bicyclic) bond motifs is 10. The van der Waals surface area contributed by atoms with Gasteiger partial charge >= 0.3 is 0 Å². The third-order valence-electron chi connectivity index (χ3n) is 12.4. The normalized spacial score (nSPS) is 11.8. The summed E-state index contributed by atoms with van der Waals surface area (Å²) in [4.78, 5) is 15.4. The molecule has 6 heteroatoms. The maximum absolute atomic E-state index is 7.35. The van der Waals surface area contributed by atoms with Gasteiger partial charge in [-0.25, -0.2) is 15.0 Å². The first-order chi connectivity index (χ1) is 31.3. The van der Waals surface area contributed by atoms with Crippen molar-refractivity contribution in [2.24, 2.45) is 0 Å². The monoisotopic (exact) mass is 805 g/mol. The summed E-state index contributed by atoms with van der Waals surface area (Å²) in [5, 5.41) is 6.58. The van der Waals surface area contributed by atoms with Crippen LogP contribution in [0.1, 0.15) is 0 Å². The Labute approximate surface area is 361 Å². The Morgan fingerprint density at radius 1 is 0.317 bits per heavy atom. The molecule has 6 nitrogen and oxygen atoms in total. The van der Waals surface area contributed by atoms with E-state index in [4.69, 9.17) is 19.4 Å². The molecule has 0 saturated heterocycles. The third kappa shape index (κ3) is 5.41. The molecule has 0 fully saturated rings. The van der Waals surface area contributed by atoms with E-state index in [1.807, 2.05) is 60.7 Å². The highest BCUT2D eigenvalue weighted by Gasteiger charge is 2.25. The summed E-state index contributed by atoms with van der Waals surface area (Å²) < 4.78 is 12.1. The average Bonchev–Trinajstić information content (AvgIpc) is 4.03. The molecule has 0 spiro atoms. The van der Waals surface area contributed by atoms with Gasteiger partial charge in [0.25, 0.3) is 0 Å². The van der Waals surface area contributed by atoms with E-state index < -0.39 is 0 Å². The number of hydrogen-bond acceptors (Lipinski definition) is 4. The van der Waals surface area contributed by atoms with E-state index in [1.165, 1.54) is 21.9 Å². The quantitative estimate of drug-likeness (QED) is 0.168. The molecular weight excluding hydrogens is 771 g/mol. The molecule has 13 aromatic rings. The standard InChI is InChI=1S/C57H35N5O/c1-5-18-36(19-6-1)40-27-15-28-42-41-26-13-14-32-47(41)62(51(40)42)49-33-17-29-43-44-34-35-48-50(54(44)63-53(43)49)45-30-16-31-46(52(45)61(48)39-24-11-4-12-25-39)57-59-55(37-20-7-2-8-21-37)58-56(60-57)38-22-9-3-10-23-38/h1-35H. The van der Waals surface area contributed by atoms with Gasteiger partial charge < -0.3 is 13.6 Å². The van der Waals surface area contributed by atoms with Gasteiger partial charge in [0, 0.05) is 54.9 Å². The molecule has 0 amide bonds.